The van der Waals surface area contributed by atoms with Crippen molar-refractivity contribution in [3.63, 3.8) is 0 Å². The molecule has 2 fully saturated rings. The first-order valence-electron chi connectivity index (χ1n) is 9.68. The summed E-state index contributed by atoms with van der Waals surface area (Å²) in [4.78, 5) is 47.8. The van der Waals surface area contributed by atoms with Crippen molar-refractivity contribution in [3.05, 3.63) is 48.3 Å². The molecule has 1 N–H and O–H groups in total. The van der Waals surface area contributed by atoms with Crippen LogP contribution in [0.2, 0.25) is 0 Å². The number of hydrogen-bond donors (Lipinski definition) is 1. The maximum absolute atomic E-state index is 13.1. The summed E-state index contributed by atoms with van der Waals surface area (Å²) in [7, 11) is 0. The zero-order valence-electron chi connectivity index (χ0n) is 15.6. The molecular formula is C21H15N5O4. The van der Waals surface area contributed by atoms with E-state index in [1.54, 1.807) is 42.7 Å². The fourth-order valence-electron chi connectivity index (χ4n) is 4.25. The third kappa shape index (κ3) is 2.41. The van der Waals surface area contributed by atoms with Gasteiger partial charge in [-0.15, -0.1) is 0 Å². The average Bonchev–Trinajstić information content (AvgIpc) is 3.21. The summed E-state index contributed by atoms with van der Waals surface area (Å²) in [5, 5.41) is 7.67. The third-order valence-electron chi connectivity index (χ3n) is 5.89. The fraction of sp³-hybridized carbons (Fsp3) is 0.238. The Morgan fingerprint density at radius 1 is 1.03 bits per heavy atom. The van der Waals surface area contributed by atoms with Crippen molar-refractivity contribution in [2.45, 2.75) is 18.9 Å². The van der Waals surface area contributed by atoms with E-state index in [0.29, 0.717) is 22.3 Å². The number of anilines is 1. The Balaban J connectivity index is 1.53. The van der Waals surface area contributed by atoms with Crippen molar-refractivity contribution >= 4 is 45.2 Å². The quantitative estimate of drug-likeness (QED) is 0.411. The second-order valence-corrected chi connectivity index (χ2v) is 7.75. The van der Waals surface area contributed by atoms with Crippen LogP contribution in [0, 0.1) is 11.8 Å². The highest BCUT2D eigenvalue weighted by atomic mass is 16.6. The molecule has 0 spiro atoms. The van der Waals surface area contributed by atoms with E-state index in [4.69, 9.17) is 4.63 Å². The van der Waals surface area contributed by atoms with Crippen LogP contribution in [0.3, 0.4) is 0 Å². The minimum Gasteiger partial charge on any atom is -0.345 e. The minimum absolute atomic E-state index is 0.151. The molecule has 9 nitrogen and oxygen atoms in total. The number of aromatic amines is 1. The summed E-state index contributed by atoms with van der Waals surface area (Å²) < 4.78 is 4.77. The summed E-state index contributed by atoms with van der Waals surface area (Å²) >= 11 is 0. The number of rotatable bonds is 4. The number of benzene rings is 2. The average molecular weight is 401 g/mol. The van der Waals surface area contributed by atoms with Crippen LogP contribution in [-0.4, -0.2) is 37.8 Å². The largest absolute Gasteiger partial charge is 0.345 e. The van der Waals surface area contributed by atoms with E-state index >= 15 is 0 Å². The Kier molecular flexibility index (Phi) is 3.44. The molecule has 148 valence electrons. The van der Waals surface area contributed by atoms with Crippen LogP contribution in [0.5, 0.6) is 0 Å². The van der Waals surface area contributed by atoms with Gasteiger partial charge in [-0.3, -0.25) is 19.3 Å². The van der Waals surface area contributed by atoms with Crippen molar-refractivity contribution in [1.82, 2.24) is 20.3 Å². The summed E-state index contributed by atoms with van der Waals surface area (Å²) in [6.45, 7) is 0. The standard InChI is InChI=1S/C21H15N5O4/c27-19(10-1-2-10)17-18(11-3-5-14-16(7-11)25-30-24-14)26(21(29)20(17)28)12-4-6-13-15(8-12)23-9-22-13/h3-10,17-18H,1-2H2,(H,22,23). The fourth-order valence-corrected chi connectivity index (χ4v) is 4.25. The van der Waals surface area contributed by atoms with Crippen LogP contribution < -0.4 is 4.90 Å². The van der Waals surface area contributed by atoms with Gasteiger partial charge in [-0.05, 0) is 59.1 Å². The maximum Gasteiger partial charge on any atom is 0.295 e. The lowest BCUT2D eigenvalue weighted by Gasteiger charge is -2.27. The monoisotopic (exact) mass is 401 g/mol. The van der Waals surface area contributed by atoms with Gasteiger partial charge in [-0.1, -0.05) is 6.07 Å². The van der Waals surface area contributed by atoms with Crippen molar-refractivity contribution in [2.75, 3.05) is 4.90 Å². The molecule has 1 amide bonds. The predicted octanol–water partition coefficient (Wildman–Crippen LogP) is 2.35. The zero-order valence-corrected chi connectivity index (χ0v) is 15.6. The van der Waals surface area contributed by atoms with Gasteiger partial charge in [0.25, 0.3) is 5.91 Å². The Labute approximate surface area is 169 Å². The summed E-state index contributed by atoms with van der Waals surface area (Å²) in [5.74, 6) is -2.71. The van der Waals surface area contributed by atoms with Gasteiger partial charge in [-0.2, -0.15) is 0 Å². The second kappa shape index (κ2) is 6.06. The molecule has 2 atom stereocenters. The molecule has 2 unspecified atom stereocenters. The first-order valence-corrected chi connectivity index (χ1v) is 9.68. The van der Waals surface area contributed by atoms with E-state index in [-0.39, 0.29) is 11.7 Å². The molecule has 1 aliphatic carbocycles. The van der Waals surface area contributed by atoms with Gasteiger partial charge in [0, 0.05) is 11.6 Å². The van der Waals surface area contributed by atoms with E-state index in [1.807, 2.05) is 0 Å². The van der Waals surface area contributed by atoms with Gasteiger partial charge in [0.05, 0.1) is 23.4 Å². The number of Topliss-reactive ketones (excluding diaryl/α,β-unsaturated/α-hetero) is 2. The van der Waals surface area contributed by atoms with Gasteiger partial charge in [0.2, 0.25) is 5.78 Å². The van der Waals surface area contributed by atoms with Crippen LogP contribution in [0.15, 0.2) is 47.4 Å². The second-order valence-electron chi connectivity index (χ2n) is 7.75. The smallest absolute Gasteiger partial charge is 0.295 e. The van der Waals surface area contributed by atoms with E-state index < -0.39 is 23.7 Å². The number of aromatic nitrogens is 4. The van der Waals surface area contributed by atoms with Crippen LogP contribution in [0.1, 0.15) is 24.4 Å². The summed E-state index contributed by atoms with van der Waals surface area (Å²) in [6.07, 6.45) is 3.08. The zero-order chi connectivity index (χ0) is 20.4. The number of imidazole rings is 1. The van der Waals surface area contributed by atoms with E-state index in [0.717, 1.165) is 23.9 Å². The molecular weight excluding hydrogens is 386 g/mol. The highest BCUT2D eigenvalue weighted by Crippen LogP contribution is 2.45. The minimum atomic E-state index is -1.04. The van der Waals surface area contributed by atoms with Crippen LogP contribution in [0.4, 0.5) is 5.69 Å². The molecule has 3 heterocycles. The van der Waals surface area contributed by atoms with E-state index in [1.165, 1.54) is 4.90 Å². The number of amides is 1. The van der Waals surface area contributed by atoms with Gasteiger partial charge in [0.15, 0.2) is 0 Å². The molecule has 9 heteroatoms. The van der Waals surface area contributed by atoms with Gasteiger partial charge < -0.3 is 4.98 Å². The van der Waals surface area contributed by atoms with Crippen molar-refractivity contribution in [3.8, 4) is 0 Å². The Bertz CT molecular complexity index is 1350. The number of carbonyl (C=O) groups is 3. The Morgan fingerprint density at radius 3 is 2.67 bits per heavy atom. The van der Waals surface area contributed by atoms with Crippen molar-refractivity contribution in [2.24, 2.45) is 11.8 Å². The number of nitrogens with zero attached hydrogens (tertiary/aromatic N) is 4. The molecule has 2 aliphatic rings. The number of fused-ring (bicyclic) bond motifs is 2. The molecule has 4 aromatic rings. The van der Waals surface area contributed by atoms with Crippen LogP contribution in [0.25, 0.3) is 22.1 Å². The van der Waals surface area contributed by atoms with Gasteiger partial charge in [0.1, 0.15) is 22.7 Å². The molecule has 1 aliphatic heterocycles. The molecule has 2 aromatic carbocycles. The molecule has 0 radical (unpaired) electrons. The number of ketones is 2. The Morgan fingerprint density at radius 2 is 1.83 bits per heavy atom. The molecule has 0 bridgehead atoms. The molecule has 1 saturated heterocycles. The van der Waals surface area contributed by atoms with Gasteiger partial charge >= 0.3 is 0 Å². The van der Waals surface area contributed by atoms with E-state index in [9.17, 15) is 14.4 Å². The predicted molar refractivity (Wildman–Crippen MR) is 104 cm³/mol. The highest BCUT2D eigenvalue weighted by molar-refractivity contribution is 6.48. The topological polar surface area (TPSA) is 122 Å². The van der Waals surface area contributed by atoms with Crippen LogP contribution >= 0.6 is 0 Å². The summed E-state index contributed by atoms with van der Waals surface area (Å²) in [6, 6.07) is 9.72. The number of H-pyrrole nitrogens is 1. The third-order valence-corrected chi connectivity index (χ3v) is 5.89. The molecule has 6 rings (SSSR count). The SMILES string of the molecule is O=C1C(=O)N(c2ccc3nc[nH]c3c2)C(c2ccc3nonc3c2)C1C(=O)C1CC1. The van der Waals surface area contributed by atoms with Crippen LogP contribution in [-0.2, 0) is 14.4 Å². The molecule has 30 heavy (non-hydrogen) atoms. The van der Waals surface area contributed by atoms with E-state index in [2.05, 4.69) is 20.3 Å². The lowest BCUT2D eigenvalue weighted by molar-refractivity contribution is -0.139. The lowest BCUT2D eigenvalue weighted by atomic mass is 9.87. The molecule has 2 aromatic heterocycles. The Hall–Kier alpha value is -3.88. The number of carbonyl (C=O) groups excluding carboxylic acids is 3. The first-order chi connectivity index (χ1) is 14.6. The summed E-state index contributed by atoms with van der Waals surface area (Å²) in [5.41, 5.74) is 3.71. The van der Waals surface area contributed by atoms with Crippen molar-refractivity contribution < 1.29 is 19.0 Å². The van der Waals surface area contributed by atoms with Crippen molar-refractivity contribution in [1.29, 1.82) is 0 Å². The first kappa shape index (κ1) is 17.0. The van der Waals surface area contributed by atoms with Gasteiger partial charge in [-0.25, -0.2) is 9.61 Å². The number of hydrogen-bond acceptors (Lipinski definition) is 7. The normalized spacial score (nSPS) is 21.8. The maximum atomic E-state index is 13.1. The number of nitrogens with one attached hydrogen (secondary N) is 1. The highest BCUT2D eigenvalue weighted by Gasteiger charge is 2.54. The lowest BCUT2D eigenvalue weighted by Crippen LogP contribution is -2.31. The molecule has 1 saturated carbocycles.